The lowest BCUT2D eigenvalue weighted by Gasteiger charge is -2.23. The molecule has 94 valence electrons. The van der Waals surface area contributed by atoms with Gasteiger partial charge in [0.05, 0.1) is 0 Å². The molecular weight excluding hydrogens is 240 g/mol. The molecule has 0 aromatic carbocycles. The molecule has 0 radical (unpaired) electrons. The lowest BCUT2D eigenvalue weighted by atomic mass is 10.1. The second-order valence-electron chi connectivity index (χ2n) is 3.55. The summed E-state index contributed by atoms with van der Waals surface area (Å²) in [5.74, 6) is 0.803. The van der Waals surface area contributed by atoms with E-state index in [0.29, 0.717) is 12.8 Å². The smallest absolute Gasteiger partial charge is 0.330 e. The molecule has 0 saturated carbocycles. The van der Waals surface area contributed by atoms with Crippen LogP contribution in [0.25, 0.3) is 0 Å². The number of hydrogen-bond acceptors (Lipinski definition) is 5. The lowest BCUT2D eigenvalue weighted by molar-refractivity contribution is -0.161. The van der Waals surface area contributed by atoms with Crippen LogP contribution >= 0.6 is 11.8 Å². The third-order valence-corrected chi connectivity index (χ3v) is 3.43. The number of hydrogen-bond donors (Lipinski definition) is 0. The van der Waals surface area contributed by atoms with Gasteiger partial charge in [-0.3, -0.25) is 0 Å². The standard InChI is InChI=1S/C12H16O4S/c1-3-11(13)15-9-5-7-17-8-6-10(9)16-12(14)4-2/h3-4,9-10H,1-2,5-8H2. The Morgan fingerprint density at radius 2 is 1.41 bits per heavy atom. The number of rotatable bonds is 4. The Hall–Kier alpha value is -1.23. The highest BCUT2D eigenvalue weighted by Crippen LogP contribution is 2.22. The van der Waals surface area contributed by atoms with Gasteiger partial charge in [0.25, 0.3) is 0 Å². The molecule has 2 unspecified atom stereocenters. The van der Waals surface area contributed by atoms with E-state index in [9.17, 15) is 9.59 Å². The third kappa shape index (κ3) is 4.65. The molecule has 0 N–H and O–H groups in total. The van der Waals surface area contributed by atoms with Crippen LogP contribution in [0.15, 0.2) is 25.3 Å². The van der Waals surface area contributed by atoms with Crippen molar-refractivity contribution < 1.29 is 19.1 Å². The van der Waals surface area contributed by atoms with E-state index in [-0.39, 0.29) is 12.2 Å². The van der Waals surface area contributed by atoms with Gasteiger partial charge in [0.1, 0.15) is 12.2 Å². The van der Waals surface area contributed by atoms with Crippen molar-refractivity contribution >= 4 is 23.7 Å². The average Bonchev–Trinajstić information content (AvgIpc) is 2.55. The van der Waals surface area contributed by atoms with Crippen LogP contribution in [0, 0.1) is 0 Å². The summed E-state index contributed by atoms with van der Waals surface area (Å²) < 4.78 is 10.4. The first kappa shape index (κ1) is 13.8. The van der Waals surface area contributed by atoms with E-state index in [4.69, 9.17) is 9.47 Å². The third-order valence-electron chi connectivity index (χ3n) is 2.38. The second-order valence-corrected chi connectivity index (χ2v) is 4.77. The van der Waals surface area contributed by atoms with E-state index in [1.54, 1.807) is 11.8 Å². The minimum Gasteiger partial charge on any atom is -0.455 e. The molecule has 1 fully saturated rings. The molecule has 1 aliphatic rings. The summed E-state index contributed by atoms with van der Waals surface area (Å²) in [6.45, 7) is 6.70. The molecule has 0 aromatic heterocycles. The van der Waals surface area contributed by atoms with Gasteiger partial charge in [-0.1, -0.05) is 13.2 Å². The number of ether oxygens (including phenoxy) is 2. The topological polar surface area (TPSA) is 52.6 Å². The predicted octanol–water partition coefficient (Wildman–Crippen LogP) is 1.71. The molecular formula is C12H16O4S. The van der Waals surface area contributed by atoms with Gasteiger partial charge >= 0.3 is 11.9 Å². The molecule has 17 heavy (non-hydrogen) atoms. The fraction of sp³-hybridized carbons (Fsp3) is 0.500. The van der Waals surface area contributed by atoms with Crippen molar-refractivity contribution in [1.29, 1.82) is 0 Å². The molecule has 5 heteroatoms. The van der Waals surface area contributed by atoms with Crippen molar-refractivity contribution in [2.24, 2.45) is 0 Å². The Kier molecular flexibility index (Phi) is 5.83. The Balaban J connectivity index is 2.64. The molecule has 4 nitrogen and oxygen atoms in total. The van der Waals surface area contributed by atoms with E-state index in [1.807, 2.05) is 0 Å². The van der Waals surface area contributed by atoms with Gasteiger partial charge in [-0.25, -0.2) is 9.59 Å². The molecule has 0 aliphatic carbocycles. The van der Waals surface area contributed by atoms with Gasteiger partial charge in [-0.05, 0) is 24.3 Å². The van der Waals surface area contributed by atoms with Gasteiger partial charge in [0, 0.05) is 12.2 Å². The van der Waals surface area contributed by atoms with Crippen LogP contribution in [-0.2, 0) is 19.1 Å². The van der Waals surface area contributed by atoms with E-state index >= 15 is 0 Å². The number of carbonyl (C=O) groups is 2. The van der Waals surface area contributed by atoms with Crippen molar-refractivity contribution in [3.63, 3.8) is 0 Å². The number of carbonyl (C=O) groups excluding carboxylic acids is 2. The zero-order valence-electron chi connectivity index (χ0n) is 9.59. The minimum atomic E-state index is -0.485. The highest BCUT2D eigenvalue weighted by Gasteiger charge is 2.29. The molecule has 1 aliphatic heterocycles. The summed E-state index contributed by atoms with van der Waals surface area (Å²) in [7, 11) is 0. The van der Waals surface area contributed by atoms with Crippen molar-refractivity contribution in [3.8, 4) is 0 Å². The van der Waals surface area contributed by atoms with Crippen molar-refractivity contribution in [3.05, 3.63) is 25.3 Å². The van der Waals surface area contributed by atoms with Crippen LogP contribution in [0.5, 0.6) is 0 Å². The van der Waals surface area contributed by atoms with Crippen molar-refractivity contribution in [2.75, 3.05) is 11.5 Å². The molecule has 1 heterocycles. The Bertz CT molecular complexity index is 284. The number of esters is 2. The summed E-state index contributed by atoms with van der Waals surface area (Å²) >= 11 is 1.76. The highest BCUT2D eigenvalue weighted by molar-refractivity contribution is 7.99. The number of thioether (sulfide) groups is 1. The quantitative estimate of drug-likeness (QED) is 0.566. The first-order valence-electron chi connectivity index (χ1n) is 5.41. The van der Waals surface area contributed by atoms with E-state index in [2.05, 4.69) is 13.2 Å². The summed E-state index contributed by atoms with van der Waals surface area (Å²) in [6.07, 6.45) is 2.81. The fourth-order valence-corrected chi connectivity index (χ4v) is 2.54. The van der Waals surface area contributed by atoms with Gasteiger partial charge in [0.15, 0.2) is 0 Å². The Morgan fingerprint density at radius 3 is 1.76 bits per heavy atom. The first-order valence-corrected chi connectivity index (χ1v) is 6.56. The molecule has 2 atom stereocenters. The van der Waals surface area contributed by atoms with Crippen LogP contribution in [0.3, 0.4) is 0 Å². The molecule has 0 aromatic rings. The zero-order chi connectivity index (χ0) is 12.7. The second kappa shape index (κ2) is 7.17. The van der Waals surface area contributed by atoms with Crippen LogP contribution < -0.4 is 0 Å². The predicted molar refractivity (Wildman–Crippen MR) is 66.7 cm³/mol. The van der Waals surface area contributed by atoms with Gasteiger partial charge in [-0.2, -0.15) is 11.8 Å². The molecule has 1 rings (SSSR count). The highest BCUT2D eigenvalue weighted by atomic mass is 32.2. The maximum absolute atomic E-state index is 11.2. The monoisotopic (exact) mass is 256 g/mol. The van der Waals surface area contributed by atoms with Crippen LogP contribution in [0.2, 0.25) is 0 Å². The Labute approximate surface area is 105 Å². The van der Waals surface area contributed by atoms with Gasteiger partial charge < -0.3 is 9.47 Å². The molecule has 0 spiro atoms. The normalized spacial score (nSPS) is 24.2. The van der Waals surface area contributed by atoms with E-state index in [0.717, 1.165) is 23.7 Å². The first-order chi connectivity index (χ1) is 8.17. The lowest BCUT2D eigenvalue weighted by Crippen LogP contribution is -2.34. The summed E-state index contributed by atoms with van der Waals surface area (Å²) in [6, 6.07) is 0. The van der Waals surface area contributed by atoms with Crippen molar-refractivity contribution in [1.82, 2.24) is 0 Å². The average molecular weight is 256 g/mol. The van der Waals surface area contributed by atoms with Gasteiger partial charge in [0.2, 0.25) is 0 Å². The van der Waals surface area contributed by atoms with Crippen LogP contribution in [-0.4, -0.2) is 35.7 Å². The van der Waals surface area contributed by atoms with E-state index in [1.165, 1.54) is 0 Å². The fourth-order valence-electron chi connectivity index (χ4n) is 1.54. The molecule has 1 saturated heterocycles. The molecule has 0 amide bonds. The maximum atomic E-state index is 11.2. The SMILES string of the molecule is C=CC(=O)OC1CCSCCC1OC(=O)C=C. The van der Waals surface area contributed by atoms with Crippen LogP contribution in [0.1, 0.15) is 12.8 Å². The Morgan fingerprint density at radius 1 is 1.00 bits per heavy atom. The maximum Gasteiger partial charge on any atom is 0.330 e. The summed E-state index contributed by atoms with van der Waals surface area (Å²) in [5, 5.41) is 0. The largest absolute Gasteiger partial charge is 0.455 e. The zero-order valence-corrected chi connectivity index (χ0v) is 10.4. The molecule has 0 bridgehead atoms. The summed E-state index contributed by atoms with van der Waals surface area (Å²) in [5.41, 5.74) is 0. The summed E-state index contributed by atoms with van der Waals surface area (Å²) in [4.78, 5) is 22.4. The van der Waals surface area contributed by atoms with Crippen LogP contribution in [0.4, 0.5) is 0 Å². The van der Waals surface area contributed by atoms with E-state index < -0.39 is 11.9 Å². The van der Waals surface area contributed by atoms with Gasteiger partial charge in [-0.15, -0.1) is 0 Å². The minimum absolute atomic E-state index is 0.389. The van der Waals surface area contributed by atoms with Crippen molar-refractivity contribution in [2.45, 2.75) is 25.0 Å².